The van der Waals surface area contributed by atoms with E-state index in [0.29, 0.717) is 10.6 Å². The van der Waals surface area contributed by atoms with Crippen LogP contribution in [0.4, 0.5) is 0 Å². The zero-order valence-corrected chi connectivity index (χ0v) is 9.92. The minimum absolute atomic E-state index is 0.0584. The van der Waals surface area contributed by atoms with Crippen LogP contribution in [0.1, 0.15) is 28.8 Å². The maximum Gasteiger partial charge on any atom is 0.251 e. The summed E-state index contributed by atoms with van der Waals surface area (Å²) in [4.78, 5) is 11.9. The SMILES string of the molecule is Cc1ccc(Cl)cc1C(=O)NC1CC(N)C1. The van der Waals surface area contributed by atoms with Crippen molar-refractivity contribution in [2.75, 3.05) is 0 Å². The van der Waals surface area contributed by atoms with Crippen molar-refractivity contribution in [1.29, 1.82) is 0 Å². The Morgan fingerprint density at radius 1 is 1.50 bits per heavy atom. The summed E-state index contributed by atoms with van der Waals surface area (Å²) in [6, 6.07) is 5.80. The topological polar surface area (TPSA) is 55.1 Å². The number of nitrogens with one attached hydrogen (secondary N) is 1. The third-order valence-electron chi connectivity index (χ3n) is 2.95. The predicted octanol–water partition coefficient (Wildman–Crippen LogP) is 1.87. The Labute approximate surface area is 100.0 Å². The number of aryl methyl sites for hydroxylation is 1. The molecule has 1 aromatic rings. The van der Waals surface area contributed by atoms with Gasteiger partial charge in [-0.25, -0.2) is 0 Å². The molecule has 0 aliphatic heterocycles. The van der Waals surface area contributed by atoms with Crippen LogP contribution in [0.3, 0.4) is 0 Å². The lowest BCUT2D eigenvalue weighted by atomic mass is 9.87. The molecule has 1 aliphatic carbocycles. The molecule has 1 aliphatic rings. The van der Waals surface area contributed by atoms with E-state index in [1.807, 2.05) is 13.0 Å². The second kappa shape index (κ2) is 4.44. The number of benzene rings is 1. The Morgan fingerprint density at radius 2 is 2.19 bits per heavy atom. The second-order valence-corrected chi connectivity index (χ2v) is 4.80. The minimum atomic E-state index is -0.0584. The van der Waals surface area contributed by atoms with Gasteiger partial charge in [0.1, 0.15) is 0 Å². The number of amides is 1. The van der Waals surface area contributed by atoms with E-state index in [9.17, 15) is 4.79 Å². The summed E-state index contributed by atoms with van der Waals surface area (Å²) in [5.41, 5.74) is 7.25. The number of nitrogens with two attached hydrogens (primary N) is 1. The van der Waals surface area contributed by atoms with Crippen molar-refractivity contribution < 1.29 is 4.79 Å². The first kappa shape index (κ1) is 11.4. The molecule has 86 valence electrons. The van der Waals surface area contributed by atoms with Crippen molar-refractivity contribution >= 4 is 17.5 Å². The van der Waals surface area contributed by atoms with Crippen LogP contribution >= 0.6 is 11.6 Å². The Hall–Kier alpha value is -1.06. The maximum atomic E-state index is 11.9. The fraction of sp³-hybridized carbons (Fsp3) is 0.417. The highest BCUT2D eigenvalue weighted by atomic mass is 35.5. The fourth-order valence-electron chi connectivity index (χ4n) is 1.88. The van der Waals surface area contributed by atoms with Gasteiger partial charge in [-0.2, -0.15) is 0 Å². The Kier molecular flexibility index (Phi) is 3.17. The van der Waals surface area contributed by atoms with E-state index in [1.165, 1.54) is 0 Å². The third kappa shape index (κ3) is 2.36. The second-order valence-electron chi connectivity index (χ2n) is 4.36. The number of hydrogen-bond acceptors (Lipinski definition) is 2. The van der Waals surface area contributed by atoms with E-state index in [4.69, 9.17) is 17.3 Å². The number of halogens is 1. The van der Waals surface area contributed by atoms with Gasteiger partial charge >= 0.3 is 0 Å². The van der Waals surface area contributed by atoms with E-state index >= 15 is 0 Å². The summed E-state index contributed by atoms with van der Waals surface area (Å²) in [6.07, 6.45) is 1.73. The Bertz CT molecular complexity index is 413. The lowest BCUT2D eigenvalue weighted by Crippen LogP contribution is -2.50. The molecular formula is C12H15ClN2O. The van der Waals surface area contributed by atoms with Gasteiger partial charge in [0, 0.05) is 22.7 Å². The summed E-state index contributed by atoms with van der Waals surface area (Å²) < 4.78 is 0. The summed E-state index contributed by atoms with van der Waals surface area (Å²) >= 11 is 5.87. The monoisotopic (exact) mass is 238 g/mol. The van der Waals surface area contributed by atoms with Gasteiger partial charge in [-0.1, -0.05) is 17.7 Å². The predicted molar refractivity (Wildman–Crippen MR) is 64.7 cm³/mol. The quantitative estimate of drug-likeness (QED) is 0.827. The van der Waals surface area contributed by atoms with Crippen LogP contribution in [0.2, 0.25) is 5.02 Å². The molecule has 16 heavy (non-hydrogen) atoms. The largest absolute Gasteiger partial charge is 0.349 e. The molecule has 1 fully saturated rings. The molecule has 1 saturated carbocycles. The van der Waals surface area contributed by atoms with E-state index in [0.717, 1.165) is 18.4 Å². The molecule has 0 unspecified atom stereocenters. The average Bonchev–Trinajstić information content (AvgIpc) is 2.19. The number of rotatable bonds is 2. The molecule has 0 spiro atoms. The average molecular weight is 239 g/mol. The minimum Gasteiger partial charge on any atom is -0.349 e. The van der Waals surface area contributed by atoms with Crippen molar-refractivity contribution in [3.63, 3.8) is 0 Å². The highest BCUT2D eigenvalue weighted by Gasteiger charge is 2.27. The van der Waals surface area contributed by atoms with Gasteiger partial charge in [0.15, 0.2) is 0 Å². The lowest BCUT2D eigenvalue weighted by Gasteiger charge is -2.33. The van der Waals surface area contributed by atoms with E-state index < -0.39 is 0 Å². The van der Waals surface area contributed by atoms with Crippen LogP contribution in [0.5, 0.6) is 0 Å². The van der Waals surface area contributed by atoms with Crippen LogP contribution in [0.25, 0.3) is 0 Å². The van der Waals surface area contributed by atoms with Gasteiger partial charge in [-0.3, -0.25) is 4.79 Å². The van der Waals surface area contributed by atoms with Gasteiger partial charge in [-0.15, -0.1) is 0 Å². The van der Waals surface area contributed by atoms with Crippen LogP contribution in [0.15, 0.2) is 18.2 Å². The molecule has 3 nitrogen and oxygen atoms in total. The van der Waals surface area contributed by atoms with Crippen molar-refractivity contribution in [2.45, 2.75) is 31.8 Å². The zero-order chi connectivity index (χ0) is 11.7. The van der Waals surface area contributed by atoms with Crippen molar-refractivity contribution in [2.24, 2.45) is 5.73 Å². The fourth-order valence-corrected chi connectivity index (χ4v) is 2.05. The summed E-state index contributed by atoms with van der Waals surface area (Å²) in [6.45, 7) is 1.90. The van der Waals surface area contributed by atoms with Gasteiger partial charge in [0.2, 0.25) is 0 Å². The summed E-state index contributed by atoms with van der Waals surface area (Å²) in [5.74, 6) is -0.0584. The summed E-state index contributed by atoms with van der Waals surface area (Å²) in [5, 5.41) is 3.54. The number of hydrogen-bond donors (Lipinski definition) is 2. The normalized spacial score (nSPS) is 23.7. The van der Waals surface area contributed by atoms with Gasteiger partial charge in [0.25, 0.3) is 5.91 Å². The molecule has 0 radical (unpaired) electrons. The van der Waals surface area contributed by atoms with Gasteiger partial charge in [-0.05, 0) is 37.5 Å². The van der Waals surface area contributed by atoms with E-state index in [1.54, 1.807) is 12.1 Å². The molecular weight excluding hydrogens is 224 g/mol. The molecule has 0 saturated heterocycles. The van der Waals surface area contributed by atoms with Gasteiger partial charge < -0.3 is 11.1 Å². The first-order chi connectivity index (χ1) is 7.56. The van der Waals surface area contributed by atoms with Crippen molar-refractivity contribution in [3.8, 4) is 0 Å². The van der Waals surface area contributed by atoms with Gasteiger partial charge in [0.05, 0.1) is 0 Å². The first-order valence-electron chi connectivity index (χ1n) is 5.39. The van der Waals surface area contributed by atoms with Crippen LogP contribution in [-0.2, 0) is 0 Å². The molecule has 1 amide bonds. The Morgan fingerprint density at radius 3 is 2.81 bits per heavy atom. The Balaban J connectivity index is 2.05. The van der Waals surface area contributed by atoms with Crippen molar-refractivity contribution in [3.05, 3.63) is 34.3 Å². The third-order valence-corrected chi connectivity index (χ3v) is 3.19. The van der Waals surface area contributed by atoms with Crippen molar-refractivity contribution in [1.82, 2.24) is 5.32 Å². The highest BCUT2D eigenvalue weighted by molar-refractivity contribution is 6.31. The molecule has 0 aromatic heterocycles. The molecule has 4 heteroatoms. The number of carbonyl (C=O) groups excluding carboxylic acids is 1. The number of carbonyl (C=O) groups is 1. The maximum absolute atomic E-state index is 11.9. The molecule has 2 rings (SSSR count). The molecule has 1 aromatic carbocycles. The zero-order valence-electron chi connectivity index (χ0n) is 9.16. The van der Waals surface area contributed by atoms with Crippen LogP contribution in [-0.4, -0.2) is 18.0 Å². The highest BCUT2D eigenvalue weighted by Crippen LogP contribution is 2.20. The smallest absolute Gasteiger partial charge is 0.251 e. The molecule has 0 bridgehead atoms. The molecule has 0 heterocycles. The summed E-state index contributed by atoms with van der Waals surface area (Å²) in [7, 11) is 0. The lowest BCUT2D eigenvalue weighted by molar-refractivity contribution is 0.0909. The van der Waals surface area contributed by atoms with E-state index in [-0.39, 0.29) is 18.0 Å². The van der Waals surface area contributed by atoms with E-state index in [2.05, 4.69) is 5.32 Å². The molecule has 0 atom stereocenters. The first-order valence-corrected chi connectivity index (χ1v) is 5.76. The van der Waals surface area contributed by atoms with Crippen LogP contribution in [0, 0.1) is 6.92 Å². The van der Waals surface area contributed by atoms with Crippen LogP contribution < -0.4 is 11.1 Å². The standard InChI is InChI=1S/C12H15ClN2O/c1-7-2-3-8(13)4-11(7)12(16)15-10-5-9(14)6-10/h2-4,9-10H,5-6,14H2,1H3,(H,15,16). The molecule has 3 N–H and O–H groups in total.